The summed E-state index contributed by atoms with van der Waals surface area (Å²) in [6.07, 6.45) is 4.07. The molecular weight excluding hydrogens is 254 g/mol. The van der Waals surface area contributed by atoms with Crippen molar-refractivity contribution in [1.29, 1.82) is 0 Å². The third-order valence-electron chi connectivity index (χ3n) is 3.34. The molecule has 0 radical (unpaired) electrons. The number of carbonyl (C=O) groups excluding carboxylic acids is 2. The van der Waals surface area contributed by atoms with E-state index in [4.69, 9.17) is 0 Å². The first-order chi connectivity index (χ1) is 8.27. The van der Waals surface area contributed by atoms with Crippen LogP contribution < -0.4 is 16.0 Å². The number of nitrogens with one attached hydrogen (secondary N) is 3. The van der Waals surface area contributed by atoms with Crippen LogP contribution in [0.5, 0.6) is 0 Å². The van der Waals surface area contributed by atoms with Crippen molar-refractivity contribution in [2.24, 2.45) is 11.8 Å². The van der Waals surface area contributed by atoms with Gasteiger partial charge in [-0.1, -0.05) is 0 Å². The molecule has 2 fully saturated rings. The third-order valence-corrected chi connectivity index (χ3v) is 3.34. The Labute approximate surface area is 114 Å². The van der Waals surface area contributed by atoms with Gasteiger partial charge in [0, 0.05) is 25.6 Å². The van der Waals surface area contributed by atoms with E-state index in [1.165, 1.54) is 0 Å². The fourth-order valence-electron chi connectivity index (χ4n) is 2.08. The Balaban J connectivity index is 0.00000162. The third kappa shape index (κ3) is 4.82. The minimum absolute atomic E-state index is 0. The molecule has 104 valence electrons. The second-order valence-corrected chi connectivity index (χ2v) is 4.90. The lowest BCUT2D eigenvalue weighted by Crippen LogP contribution is -2.43. The van der Waals surface area contributed by atoms with Crippen molar-refractivity contribution in [3.63, 3.8) is 0 Å². The maximum atomic E-state index is 11.7. The highest BCUT2D eigenvalue weighted by atomic mass is 35.5. The maximum absolute atomic E-state index is 11.7. The Morgan fingerprint density at radius 3 is 2.11 bits per heavy atom. The van der Waals surface area contributed by atoms with Crippen LogP contribution in [-0.4, -0.2) is 38.0 Å². The molecule has 18 heavy (non-hydrogen) atoms. The smallest absolute Gasteiger partial charge is 0.224 e. The summed E-state index contributed by atoms with van der Waals surface area (Å²) in [4.78, 5) is 23.0. The number of carbonyl (C=O) groups is 2. The van der Waals surface area contributed by atoms with Crippen LogP contribution >= 0.6 is 12.4 Å². The Morgan fingerprint density at radius 1 is 1.00 bits per heavy atom. The van der Waals surface area contributed by atoms with E-state index in [-0.39, 0.29) is 36.1 Å². The molecule has 1 aliphatic carbocycles. The molecule has 2 amide bonds. The van der Waals surface area contributed by atoms with Crippen molar-refractivity contribution >= 4 is 24.2 Å². The molecule has 0 bridgehead atoms. The predicted molar refractivity (Wildman–Crippen MR) is 71.6 cm³/mol. The first-order valence-corrected chi connectivity index (χ1v) is 6.53. The van der Waals surface area contributed by atoms with Gasteiger partial charge in [-0.2, -0.15) is 0 Å². The second kappa shape index (κ2) is 7.59. The van der Waals surface area contributed by atoms with Gasteiger partial charge in [-0.3, -0.25) is 9.59 Å². The summed E-state index contributed by atoms with van der Waals surface area (Å²) in [5.41, 5.74) is 0. The quantitative estimate of drug-likeness (QED) is 0.621. The lowest BCUT2D eigenvalue weighted by atomic mass is 9.99. The largest absolute Gasteiger partial charge is 0.354 e. The first-order valence-electron chi connectivity index (χ1n) is 6.53. The van der Waals surface area contributed by atoms with Crippen molar-refractivity contribution < 1.29 is 9.59 Å². The van der Waals surface area contributed by atoms with Crippen molar-refractivity contribution in [3.8, 4) is 0 Å². The average Bonchev–Trinajstić information content (AvgIpc) is 3.19. The molecule has 0 unspecified atom stereocenters. The fourth-order valence-corrected chi connectivity index (χ4v) is 2.08. The minimum atomic E-state index is 0. The molecule has 1 heterocycles. The van der Waals surface area contributed by atoms with Gasteiger partial charge in [0.2, 0.25) is 11.8 Å². The summed E-state index contributed by atoms with van der Waals surface area (Å²) in [7, 11) is 0. The van der Waals surface area contributed by atoms with Gasteiger partial charge < -0.3 is 16.0 Å². The Kier molecular flexibility index (Phi) is 6.43. The second-order valence-electron chi connectivity index (χ2n) is 4.90. The van der Waals surface area contributed by atoms with Crippen LogP contribution in [0.3, 0.4) is 0 Å². The van der Waals surface area contributed by atoms with Gasteiger partial charge in [-0.05, 0) is 32.2 Å². The summed E-state index contributed by atoms with van der Waals surface area (Å²) in [6, 6.07) is 0. The number of halogens is 1. The van der Waals surface area contributed by atoms with E-state index >= 15 is 0 Å². The normalized spacial score (nSPS) is 22.8. The maximum Gasteiger partial charge on any atom is 0.224 e. The zero-order valence-corrected chi connectivity index (χ0v) is 11.4. The zero-order valence-electron chi connectivity index (χ0n) is 10.5. The van der Waals surface area contributed by atoms with Crippen LogP contribution in [0.4, 0.5) is 0 Å². The summed E-state index contributed by atoms with van der Waals surface area (Å²) < 4.78 is 0. The Morgan fingerprint density at radius 2 is 1.61 bits per heavy atom. The van der Waals surface area contributed by atoms with Crippen molar-refractivity contribution in [2.75, 3.05) is 26.2 Å². The SMILES string of the molecule is Cl.O=C(NCCNC(=O)[C@@H]1CCCNC1)C1CC1. The van der Waals surface area contributed by atoms with Gasteiger partial charge in [-0.15, -0.1) is 12.4 Å². The van der Waals surface area contributed by atoms with E-state index in [9.17, 15) is 9.59 Å². The van der Waals surface area contributed by atoms with Crippen molar-refractivity contribution in [1.82, 2.24) is 16.0 Å². The van der Waals surface area contributed by atoms with E-state index in [0.717, 1.165) is 38.8 Å². The average molecular weight is 276 g/mol. The van der Waals surface area contributed by atoms with E-state index < -0.39 is 0 Å². The van der Waals surface area contributed by atoms with E-state index in [1.807, 2.05) is 0 Å². The zero-order chi connectivity index (χ0) is 12.1. The van der Waals surface area contributed by atoms with E-state index in [1.54, 1.807) is 0 Å². The fraction of sp³-hybridized carbons (Fsp3) is 0.833. The molecule has 1 aliphatic heterocycles. The van der Waals surface area contributed by atoms with Crippen LogP contribution in [0.2, 0.25) is 0 Å². The molecule has 0 spiro atoms. The van der Waals surface area contributed by atoms with Gasteiger partial charge in [0.15, 0.2) is 0 Å². The molecule has 1 saturated carbocycles. The first kappa shape index (κ1) is 15.2. The van der Waals surface area contributed by atoms with E-state index in [2.05, 4.69) is 16.0 Å². The van der Waals surface area contributed by atoms with Crippen molar-refractivity contribution in [3.05, 3.63) is 0 Å². The lowest BCUT2D eigenvalue weighted by molar-refractivity contribution is -0.126. The molecule has 5 nitrogen and oxygen atoms in total. The van der Waals surface area contributed by atoms with Crippen LogP contribution in [0, 0.1) is 11.8 Å². The summed E-state index contributed by atoms with van der Waals surface area (Å²) in [5, 5.41) is 8.92. The molecule has 6 heteroatoms. The molecular formula is C12H22ClN3O2. The molecule has 0 aromatic heterocycles. The highest BCUT2D eigenvalue weighted by molar-refractivity contribution is 5.85. The highest BCUT2D eigenvalue weighted by Crippen LogP contribution is 2.28. The van der Waals surface area contributed by atoms with E-state index in [0.29, 0.717) is 13.1 Å². The standard InChI is InChI=1S/C12H21N3O2.ClH/c16-11(9-3-4-9)14-6-7-15-12(17)10-2-1-5-13-8-10;/h9-10,13H,1-8H2,(H,14,16)(H,15,17);1H/t10-;/m1./s1. The Bertz CT molecular complexity index is 289. The Hall–Kier alpha value is -0.810. The topological polar surface area (TPSA) is 70.2 Å². The molecule has 0 aromatic carbocycles. The lowest BCUT2D eigenvalue weighted by Gasteiger charge is -2.21. The molecule has 1 saturated heterocycles. The number of hydrogen-bond acceptors (Lipinski definition) is 3. The van der Waals surface area contributed by atoms with Crippen LogP contribution in [0.25, 0.3) is 0 Å². The van der Waals surface area contributed by atoms with Gasteiger partial charge in [0.05, 0.1) is 5.92 Å². The van der Waals surface area contributed by atoms with Gasteiger partial charge >= 0.3 is 0 Å². The summed E-state index contributed by atoms with van der Waals surface area (Å²) in [6.45, 7) is 2.87. The molecule has 3 N–H and O–H groups in total. The minimum Gasteiger partial charge on any atom is -0.354 e. The van der Waals surface area contributed by atoms with Gasteiger partial charge in [0.25, 0.3) is 0 Å². The van der Waals surface area contributed by atoms with Crippen LogP contribution in [0.15, 0.2) is 0 Å². The van der Waals surface area contributed by atoms with Gasteiger partial charge in [0.1, 0.15) is 0 Å². The van der Waals surface area contributed by atoms with Gasteiger partial charge in [-0.25, -0.2) is 0 Å². The number of piperidine rings is 1. The van der Waals surface area contributed by atoms with Crippen LogP contribution in [-0.2, 0) is 9.59 Å². The molecule has 2 rings (SSSR count). The number of rotatable bonds is 5. The van der Waals surface area contributed by atoms with Crippen molar-refractivity contribution in [2.45, 2.75) is 25.7 Å². The summed E-state index contributed by atoms with van der Waals surface area (Å²) in [5.74, 6) is 0.590. The predicted octanol–water partition coefficient (Wildman–Crippen LogP) is 0.0502. The molecule has 1 atom stereocenters. The highest BCUT2D eigenvalue weighted by Gasteiger charge is 2.29. The molecule has 2 aliphatic rings. The number of amides is 2. The van der Waals surface area contributed by atoms with Crippen LogP contribution in [0.1, 0.15) is 25.7 Å². The summed E-state index contributed by atoms with van der Waals surface area (Å²) >= 11 is 0. The monoisotopic (exact) mass is 275 g/mol. The number of hydrogen-bond donors (Lipinski definition) is 3. The molecule has 0 aromatic rings.